The van der Waals surface area contributed by atoms with Crippen LogP contribution in [0.3, 0.4) is 0 Å². The van der Waals surface area contributed by atoms with Crippen LogP contribution in [0.1, 0.15) is 51.9 Å². The Labute approximate surface area is 126 Å². The lowest BCUT2D eigenvalue weighted by Crippen LogP contribution is -2.51. The molecule has 0 amide bonds. The Hall–Kier alpha value is -0.240. The molecule has 0 bridgehead atoms. The molecule has 5 N–H and O–H groups in total. The van der Waals surface area contributed by atoms with Crippen LogP contribution in [0.4, 0.5) is 0 Å². The Morgan fingerprint density at radius 3 is 2.10 bits per heavy atom. The Bertz CT molecular complexity index is 269. The van der Waals surface area contributed by atoms with Gasteiger partial charge in [-0.2, -0.15) is 0 Å². The van der Waals surface area contributed by atoms with Crippen molar-refractivity contribution in [1.82, 2.24) is 0 Å². The molecule has 1 fully saturated rings. The third-order valence-corrected chi connectivity index (χ3v) is 4.15. The van der Waals surface area contributed by atoms with Gasteiger partial charge in [0.1, 0.15) is 24.4 Å². The number of hydrogen-bond acceptors (Lipinski definition) is 6. The average Bonchev–Trinajstić information content (AvgIpc) is 2.52. The Kier molecular flexibility index (Phi) is 8.70. The molecule has 0 aromatic rings. The first-order valence-electron chi connectivity index (χ1n) is 7.99. The summed E-state index contributed by atoms with van der Waals surface area (Å²) in [5.41, 5.74) is 0. The van der Waals surface area contributed by atoms with Gasteiger partial charge >= 0.3 is 0 Å². The maximum absolute atomic E-state index is 10.2. The summed E-state index contributed by atoms with van der Waals surface area (Å²) < 4.78 is 5.91. The molecule has 0 aromatic heterocycles. The predicted molar refractivity (Wildman–Crippen MR) is 77.8 cm³/mol. The van der Waals surface area contributed by atoms with E-state index in [1.54, 1.807) is 0 Å². The van der Waals surface area contributed by atoms with E-state index in [1.165, 1.54) is 6.42 Å². The summed E-state index contributed by atoms with van der Waals surface area (Å²) in [4.78, 5) is 0. The lowest BCUT2D eigenvalue weighted by atomic mass is 9.94. The van der Waals surface area contributed by atoms with Gasteiger partial charge in [0.2, 0.25) is 0 Å². The molecule has 0 saturated heterocycles. The molecular formula is C15H30O6. The maximum Gasteiger partial charge on any atom is 0.111 e. The number of rotatable bonds is 9. The third-order valence-electron chi connectivity index (χ3n) is 4.15. The zero-order chi connectivity index (χ0) is 15.8. The number of hydrogen-bond donors (Lipinski definition) is 5. The van der Waals surface area contributed by atoms with Crippen molar-refractivity contribution in [2.45, 2.75) is 88.5 Å². The van der Waals surface area contributed by atoms with Crippen LogP contribution in [0.15, 0.2) is 0 Å². The monoisotopic (exact) mass is 306 g/mol. The summed E-state index contributed by atoms with van der Waals surface area (Å²) >= 11 is 0. The Morgan fingerprint density at radius 2 is 1.57 bits per heavy atom. The van der Waals surface area contributed by atoms with E-state index in [2.05, 4.69) is 0 Å². The highest BCUT2D eigenvalue weighted by molar-refractivity contribution is 4.86. The smallest absolute Gasteiger partial charge is 0.111 e. The van der Waals surface area contributed by atoms with Crippen molar-refractivity contribution in [3.8, 4) is 0 Å². The van der Waals surface area contributed by atoms with Crippen molar-refractivity contribution in [1.29, 1.82) is 0 Å². The van der Waals surface area contributed by atoms with Crippen molar-refractivity contribution >= 4 is 0 Å². The van der Waals surface area contributed by atoms with Gasteiger partial charge in [-0.15, -0.1) is 0 Å². The zero-order valence-corrected chi connectivity index (χ0v) is 12.8. The van der Waals surface area contributed by atoms with E-state index in [0.717, 1.165) is 32.1 Å². The van der Waals surface area contributed by atoms with E-state index in [0.29, 0.717) is 6.42 Å². The topological polar surface area (TPSA) is 110 Å². The van der Waals surface area contributed by atoms with Crippen LogP contribution in [0.25, 0.3) is 0 Å². The molecule has 1 aliphatic carbocycles. The fraction of sp³-hybridized carbons (Fsp3) is 1.00. The van der Waals surface area contributed by atoms with Crippen LogP contribution in [-0.2, 0) is 4.74 Å². The molecule has 5 atom stereocenters. The fourth-order valence-electron chi connectivity index (χ4n) is 2.81. The molecular weight excluding hydrogens is 276 g/mol. The number of aliphatic hydroxyl groups is 5. The van der Waals surface area contributed by atoms with Gasteiger partial charge in [-0.25, -0.2) is 0 Å². The van der Waals surface area contributed by atoms with Crippen LogP contribution in [0.2, 0.25) is 0 Å². The van der Waals surface area contributed by atoms with Gasteiger partial charge in [0, 0.05) is 0 Å². The summed E-state index contributed by atoms with van der Waals surface area (Å²) in [6.07, 6.45) is 0.242. The molecule has 0 spiro atoms. The minimum atomic E-state index is -1.60. The first kappa shape index (κ1) is 18.8. The Balaban J connectivity index is 2.59. The minimum Gasteiger partial charge on any atom is -0.394 e. The SMILES string of the molecule is CCCC(OC1CCCCC1)C(O)C(O)C(O)C(O)CO. The molecule has 0 radical (unpaired) electrons. The van der Waals surface area contributed by atoms with Gasteiger partial charge in [-0.3, -0.25) is 0 Å². The molecule has 0 aromatic carbocycles. The molecule has 1 rings (SSSR count). The van der Waals surface area contributed by atoms with E-state index < -0.39 is 37.1 Å². The van der Waals surface area contributed by atoms with Gasteiger partial charge < -0.3 is 30.3 Å². The van der Waals surface area contributed by atoms with Crippen LogP contribution < -0.4 is 0 Å². The maximum atomic E-state index is 10.2. The molecule has 6 nitrogen and oxygen atoms in total. The molecule has 1 aliphatic rings. The Morgan fingerprint density at radius 1 is 0.952 bits per heavy atom. The number of aliphatic hydroxyl groups excluding tert-OH is 5. The molecule has 126 valence electrons. The molecule has 5 unspecified atom stereocenters. The van der Waals surface area contributed by atoms with Crippen molar-refractivity contribution < 1.29 is 30.3 Å². The standard InChI is InChI=1S/C15H30O6/c1-2-6-12(21-10-7-4-3-5-8-10)14(19)15(20)13(18)11(17)9-16/h10-20H,2-9H2,1H3. The molecule has 6 heteroatoms. The highest BCUT2D eigenvalue weighted by atomic mass is 16.5. The normalized spacial score (nSPS) is 24.3. The summed E-state index contributed by atoms with van der Waals surface area (Å²) in [6, 6.07) is 0. The second kappa shape index (κ2) is 9.71. The summed E-state index contributed by atoms with van der Waals surface area (Å²) in [7, 11) is 0. The number of ether oxygens (including phenoxy) is 1. The van der Waals surface area contributed by atoms with Gasteiger partial charge in [0.25, 0.3) is 0 Å². The first-order chi connectivity index (χ1) is 10.0. The van der Waals surface area contributed by atoms with Gasteiger partial charge in [-0.05, 0) is 19.3 Å². The van der Waals surface area contributed by atoms with E-state index in [1.807, 2.05) is 6.92 Å². The van der Waals surface area contributed by atoms with Crippen LogP contribution >= 0.6 is 0 Å². The van der Waals surface area contributed by atoms with Crippen LogP contribution in [0.5, 0.6) is 0 Å². The molecule has 0 heterocycles. The van der Waals surface area contributed by atoms with Crippen molar-refractivity contribution in [3.63, 3.8) is 0 Å². The molecule has 0 aliphatic heterocycles. The third kappa shape index (κ3) is 5.81. The van der Waals surface area contributed by atoms with Gasteiger partial charge in [0.05, 0.1) is 18.8 Å². The highest BCUT2D eigenvalue weighted by Gasteiger charge is 2.36. The zero-order valence-electron chi connectivity index (χ0n) is 12.8. The molecule has 1 saturated carbocycles. The quantitative estimate of drug-likeness (QED) is 0.408. The fourth-order valence-corrected chi connectivity index (χ4v) is 2.81. The van der Waals surface area contributed by atoms with Crippen LogP contribution in [0, 0.1) is 0 Å². The summed E-state index contributed by atoms with van der Waals surface area (Å²) in [5, 5.41) is 48.1. The largest absolute Gasteiger partial charge is 0.394 e. The lowest BCUT2D eigenvalue weighted by molar-refractivity contribution is -0.165. The van der Waals surface area contributed by atoms with E-state index >= 15 is 0 Å². The minimum absolute atomic E-state index is 0.0806. The second-order valence-corrected chi connectivity index (χ2v) is 5.94. The van der Waals surface area contributed by atoms with Crippen LogP contribution in [-0.4, -0.2) is 68.8 Å². The van der Waals surface area contributed by atoms with Crippen molar-refractivity contribution in [2.24, 2.45) is 0 Å². The van der Waals surface area contributed by atoms with Gasteiger partial charge in [0.15, 0.2) is 0 Å². The molecule has 21 heavy (non-hydrogen) atoms. The van der Waals surface area contributed by atoms with Crippen molar-refractivity contribution in [2.75, 3.05) is 6.61 Å². The lowest BCUT2D eigenvalue weighted by Gasteiger charge is -2.34. The van der Waals surface area contributed by atoms with Gasteiger partial charge in [-0.1, -0.05) is 32.6 Å². The average molecular weight is 306 g/mol. The predicted octanol–water partition coefficient (Wildman–Crippen LogP) is -0.0597. The van der Waals surface area contributed by atoms with Crippen molar-refractivity contribution in [3.05, 3.63) is 0 Å². The van der Waals surface area contributed by atoms with E-state index in [-0.39, 0.29) is 6.10 Å². The van der Waals surface area contributed by atoms with E-state index in [9.17, 15) is 20.4 Å². The second-order valence-electron chi connectivity index (χ2n) is 5.94. The van der Waals surface area contributed by atoms with E-state index in [4.69, 9.17) is 9.84 Å². The summed E-state index contributed by atoms with van der Waals surface area (Å²) in [6.45, 7) is 1.28. The highest BCUT2D eigenvalue weighted by Crippen LogP contribution is 2.25. The summed E-state index contributed by atoms with van der Waals surface area (Å²) in [5.74, 6) is 0. The first-order valence-corrected chi connectivity index (χ1v) is 7.99.